The number of aromatic amines is 1. The highest BCUT2D eigenvalue weighted by Gasteiger charge is 2.09. The van der Waals surface area contributed by atoms with Crippen LogP contribution in [-0.2, 0) is 0 Å². The number of para-hydroxylation sites is 1. The number of nitrogens with zero attached hydrogens (tertiary/aromatic N) is 2. The molecule has 5 heteroatoms. The average molecular weight is 306 g/mol. The second kappa shape index (κ2) is 6.36. The zero-order valence-electron chi connectivity index (χ0n) is 13.1. The first-order valence-corrected chi connectivity index (χ1v) is 7.38. The minimum absolute atomic E-state index is 0.261. The van der Waals surface area contributed by atoms with Gasteiger partial charge in [-0.15, -0.1) is 0 Å². The molecule has 0 aliphatic rings. The SMILES string of the molecule is Cc1cc(/C=N\NC(=O)c2ccc[nH]2)c(C)n1-c1ccccc1. The van der Waals surface area contributed by atoms with Gasteiger partial charge in [-0.1, -0.05) is 18.2 Å². The van der Waals surface area contributed by atoms with E-state index in [1.54, 1.807) is 24.5 Å². The van der Waals surface area contributed by atoms with Crippen LogP contribution < -0.4 is 5.43 Å². The zero-order chi connectivity index (χ0) is 16.2. The number of carbonyl (C=O) groups excluding carboxylic acids is 1. The Morgan fingerprint density at radius 3 is 2.65 bits per heavy atom. The summed E-state index contributed by atoms with van der Waals surface area (Å²) in [7, 11) is 0. The van der Waals surface area contributed by atoms with Gasteiger partial charge in [-0.25, -0.2) is 5.43 Å². The molecule has 0 bridgehead atoms. The van der Waals surface area contributed by atoms with Crippen LogP contribution in [-0.4, -0.2) is 21.7 Å². The Balaban J connectivity index is 1.79. The van der Waals surface area contributed by atoms with Crippen LogP contribution in [0, 0.1) is 13.8 Å². The summed E-state index contributed by atoms with van der Waals surface area (Å²) in [6.45, 7) is 4.09. The number of amides is 1. The van der Waals surface area contributed by atoms with Crippen molar-refractivity contribution in [3.05, 3.63) is 77.4 Å². The Bertz CT molecular complexity index is 830. The standard InChI is InChI=1S/C18H18N4O/c1-13-11-15(12-20-21-18(23)17-9-6-10-19-17)14(2)22(13)16-7-4-3-5-8-16/h3-12,19H,1-2H3,(H,21,23)/b20-12-. The number of aromatic nitrogens is 2. The molecule has 1 aromatic carbocycles. The van der Waals surface area contributed by atoms with Gasteiger partial charge in [0.15, 0.2) is 0 Å². The minimum atomic E-state index is -0.261. The average Bonchev–Trinajstić information content (AvgIpc) is 3.17. The molecule has 0 fully saturated rings. The molecule has 0 aliphatic heterocycles. The van der Waals surface area contributed by atoms with E-state index in [1.165, 1.54) is 0 Å². The molecular formula is C18H18N4O. The smallest absolute Gasteiger partial charge is 0.287 e. The van der Waals surface area contributed by atoms with Gasteiger partial charge < -0.3 is 9.55 Å². The monoisotopic (exact) mass is 306 g/mol. The van der Waals surface area contributed by atoms with E-state index in [-0.39, 0.29) is 5.91 Å². The number of carbonyl (C=O) groups is 1. The lowest BCUT2D eigenvalue weighted by Gasteiger charge is -2.08. The van der Waals surface area contributed by atoms with Crippen molar-refractivity contribution in [1.82, 2.24) is 15.0 Å². The lowest BCUT2D eigenvalue weighted by atomic mass is 10.2. The van der Waals surface area contributed by atoms with Crippen molar-refractivity contribution >= 4 is 12.1 Å². The van der Waals surface area contributed by atoms with Gasteiger partial charge in [-0.05, 0) is 44.2 Å². The maximum atomic E-state index is 11.8. The van der Waals surface area contributed by atoms with Crippen molar-refractivity contribution in [3.8, 4) is 5.69 Å². The number of aryl methyl sites for hydroxylation is 1. The molecule has 0 aliphatic carbocycles. The van der Waals surface area contributed by atoms with Crippen molar-refractivity contribution in [1.29, 1.82) is 0 Å². The third-order valence-corrected chi connectivity index (χ3v) is 3.70. The number of nitrogens with one attached hydrogen (secondary N) is 2. The van der Waals surface area contributed by atoms with Crippen molar-refractivity contribution in [2.45, 2.75) is 13.8 Å². The van der Waals surface area contributed by atoms with Crippen LogP contribution in [0.5, 0.6) is 0 Å². The fraction of sp³-hybridized carbons (Fsp3) is 0.111. The summed E-state index contributed by atoms with van der Waals surface area (Å²) < 4.78 is 2.16. The lowest BCUT2D eigenvalue weighted by molar-refractivity contribution is 0.0951. The van der Waals surface area contributed by atoms with Crippen LogP contribution in [0.25, 0.3) is 5.69 Å². The molecule has 116 valence electrons. The van der Waals surface area contributed by atoms with E-state index in [1.807, 2.05) is 31.2 Å². The minimum Gasteiger partial charge on any atom is -0.357 e. The second-order valence-electron chi connectivity index (χ2n) is 5.28. The molecule has 3 rings (SSSR count). The lowest BCUT2D eigenvalue weighted by Crippen LogP contribution is -2.17. The molecule has 0 spiro atoms. The number of hydrazone groups is 1. The van der Waals surface area contributed by atoms with Crippen LogP contribution in [0.15, 0.2) is 59.8 Å². The highest BCUT2D eigenvalue weighted by Crippen LogP contribution is 2.19. The molecular weight excluding hydrogens is 288 g/mol. The Labute approximate surface area is 134 Å². The Morgan fingerprint density at radius 2 is 1.96 bits per heavy atom. The Kier molecular flexibility index (Phi) is 4.10. The first-order valence-electron chi connectivity index (χ1n) is 7.38. The van der Waals surface area contributed by atoms with E-state index in [0.717, 1.165) is 22.6 Å². The van der Waals surface area contributed by atoms with Crippen molar-refractivity contribution in [3.63, 3.8) is 0 Å². The van der Waals surface area contributed by atoms with Crippen molar-refractivity contribution < 1.29 is 4.79 Å². The van der Waals surface area contributed by atoms with Gasteiger partial charge in [0.05, 0.1) is 6.21 Å². The summed E-state index contributed by atoms with van der Waals surface area (Å²) in [5.41, 5.74) is 7.27. The van der Waals surface area contributed by atoms with Crippen LogP contribution >= 0.6 is 0 Å². The first-order chi connectivity index (χ1) is 11.2. The molecule has 2 heterocycles. The van der Waals surface area contributed by atoms with Gasteiger partial charge in [0.1, 0.15) is 5.69 Å². The second-order valence-corrected chi connectivity index (χ2v) is 5.28. The van der Waals surface area contributed by atoms with Crippen LogP contribution in [0.2, 0.25) is 0 Å². The normalized spacial score (nSPS) is 11.0. The first kappa shape index (κ1) is 14.8. The van der Waals surface area contributed by atoms with Gasteiger partial charge in [0.2, 0.25) is 0 Å². The van der Waals surface area contributed by atoms with E-state index in [2.05, 4.69) is 39.1 Å². The molecule has 2 aromatic heterocycles. The van der Waals surface area contributed by atoms with E-state index in [4.69, 9.17) is 0 Å². The van der Waals surface area contributed by atoms with E-state index in [9.17, 15) is 4.79 Å². The largest absolute Gasteiger partial charge is 0.357 e. The highest BCUT2D eigenvalue weighted by molar-refractivity contribution is 5.93. The van der Waals surface area contributed by atoms with Crippen LogP contribution in [0.4, 0.5) is 0 Å². The fourth-order valence-electron chi connectivity index (χ4n) is 2.58. The van der Waals surface area contributed by atoms with Gasteiger partial charge in [0.25, 0.3) is 5.91 Å². The molecule has 3 aromatic rings. The maximum Gasteiger partial charge on any atom is 0.287 e. The van der Waals surface area contributed by atoms with Gasteiger partial charge in [-0.2, -0.15) is 5.10 Å². The highest BCUT2D eigenvalue weighted by atomic mass is 16.2. The van der Waals surface area contributed by atoms with E-state index in [0.29, 0.717) is 5.69 Å². The number of H-pyrrole nitrogens is 1. The third kappa shape index (κ3) is 3.08. The topological polar surface area (TPSA) is 62.2 Å². The quantitative estimate of drug-likeness (QED) is 0.564. The fourth-order valence-corrected chi connectivity index (χ4v) is 2.58. The van der Waals surface area contributed by atoms with E-state index >= 15 is 0 Å². The van der Waals surface area contributed by atoms with Gasteiger partial charge in [-0.3, -0.25) is 4.79 Å². The summed E-state index contributed by atoms with van der Waals surface area (Å²) in [4.78, 5) is 14.7. The predicted octanol–water partition coefficient (Wildman–Crippen LogP) is 3.19. The zero-order valence-corrected chi connectivity index (χ0v) is 13.1. The number of hydrogen-bond acceptors (Lipinski definition) is 2. The van der Waals surface area contributed by atoms with Crippen molar-refractivity contribution in [2.24, 2.45) is 5.10 Å². The Hall–Kier alpha value is -3.08. The molecule has 2 N–H and O–H groups in total. The summed E-state index contributed by atoms with van der Waals surface area (Å²) >= 11 is 0. The predicted molar refractivity (Wildman–Crippen MR) is 91.1 cm³/mol. The molecule has 23 heavy (non-hydrogen) atoms. The number of hydrogen-bond donors (Lipinski definition) is 2. The molecule has 0 saturated carbocycles. The Morgan fingerprint density at radius 1 is 1.17 bits per heavy atom. The number of rotatable bonds is 4. The van der Waals surface area contributed by atoms with Crippen LogP contribution in [0.1, 0.15) is 27.4 Å². The molecule has 5 nitrogen and oxygen atoms in total. The van der Waals surface area contributed by atoms with Gasteiger partial charge in [0, 0.05) is 28.8 Å². The van der Waals surface area contributed by atoms with E-state index < -0.39 is 0 Å². The van der Waals surface area contributed by atoms with Gasteiger partial charge >= 0.3 is 0 Å². The molecule has 1 amide bonds. The molecule has 0 unspecified atom stereocenters. The molecule has 0 atom stereocenters. The summed E-state index contributed by atoms with van der Waals surface area (Å²) in [5, 5.41) is 4.05. The summed E-state index contributed by atoms with van der Waals surface area (Å²) in [6.07, 6.45) is 3.37. The molecule has 0 saturated heterocycles. The van der Waals surface area contributed by atoms with Crippen LogP contribution in [0.3, 0.4) is 0 Å². The summed E-state index contributed by atoms with van der Waals surface area (Å²) in [5.74, 6) is -0.261. The summed E-state index contributed by atoms with van der Waals surface area (Å²) in [6, 6.07) is 15.7. The molecule has 0 radical (unpaired) electrons. The number of benzene rings is 1. The van der Waals surface area contributed by atoms with Crippen molar-refractivity contribution in [2.75, 3.05) is 0 Å². The third-order valence-electron chi connectivity index (χ3n) is 3.70. The maximum absolute atomic E-state index is 11.8.